The van der Waals surface area contributed by atoms with E-state index in [4.69, 9.17) is 18.0 Å². The van der Waals surface area contributed by atoms with Gasteiger partial charge in [-0.05, 0) is 25.8 Å². The molecule has 1 rings (SSSR count). The lowest BCUT2D eigenvalue weighted by Gasteiger charge is -2.26. The average Bonchev–Trinajstić information content (AvgIpc) is 2.14. The number of thiocarbonyl (C=S) groups is 1. The van der Waals surface area contributed by atoms with Gasteiger partial charge in [0.15, 0.2) is 9.84 Å². The molecule has 0 radical (unpaired) electrons. The zero-order valence-electron chi connectivity index (χ0n) is 8.81. The molecule has 1 heterocycles. The summed E-state index contributed by atoms with van der Waals surface area (Å²) in [6, 6.07) is 0. The van der Waals surface area contributed by atoms with Gasteiger partial charge in [0.1, 0.15) is 0 Å². The fourth-order valence-corrected chi connectivity index (χ4v) is 3.03. The van der Waals surface area contributed by atoms with E-state index in [1.165, 1.54) is 0 Å². The van der Waals surface area contributed by atoms with Gasteiger partial charge in [0.05, 0.1) is 16.5 Å². The van der Waals surface area contributed by atoms with Crippen molar-refractivity contribution in [2.24, 2.45) is 5.73 Å². The molecule has 0 saturated carbocycles. The van der Waals surface area contributed by atoms with Crippen LogP contribution in [0.1, 0.15) is 19.3 Å². The van der Waals surface area contributed by atoms with Crippen LogP contribution >= 0.6 is 12.2 Å². The third kappa shape index (κ3) is 5.44. The third-order valence-corrected chi connectivity index (χ3v) is 4.40. The first-order valence-corrected chi connectivity index (χ1v) is 7.44. The number of unbranched alkanes of at least 4 members (excludes halogenated alkanes) is 1. The van der Waals surface area contributed by atoms with E-state index in [-0.39, 0.29) is 0 Å². The van der Waals surface area contributed by atoms with Gasteiger partial charge in [-0.3, -0.25) is 0 Å². The smallest absolute Gasteiger partial charge is 0.152 e. The summed E-state index contributed by atoms with van der Waals surface area (Å²) < 4.78 is 22.3. The van der Waals surface area contributed by atoms with Gasteiger partial charge in [-0.15, -0.1) is 0 Å². The molecule has 88 valence electrons. The predicted octanol–water partition coefficient (Wildman–Crippen LogP) is 0.173. The Morgan fingerprint density at radius 3 is 2.40 bits per heavy atom. The van der Waals surface area contributed by atoms with Crippen LogP contribution in [0.25, 0.3) is 0 Å². The van der Waals surface area contributed by atoms with Gasteiger partial charge < -0.3 is 10.6 Å². The van der Waals surface area contributed by atoms with Crippen LogP contribution in [0, 0.1) is 0 Å². The van der Waals surface area contributed by atoms with Crippen LogP contribution in [0.15, 0.2) is 0 Å². The standard InChI is InChI=1S/C9H18N2O2S2/c10-9(14)3-1-2-4-11-5-7-15(12,13)8-6-11/h1-8H2,(H2,10,14). The Kier molecular flexibility index (Phi) is 4.95. The summed E-state index contributed by atoms with van der Waals surface area (Å²) in [7, 11) is -2.74. The highest BCUT2D eigenvalue weighted by atomic mass is 32.2. The summed E-state index contributed by atoms with van der Waals surface area (Å²) in [6.45, 7) is 2.31. The molecular formula is C9H18N2O2S2. The van der Waals surface area contributed by atoms with E-state index in [2.05, 4.69) is 4.90 Å². The molecule has 0 spiro atoms. The van der Waals surface area contributed by atoms with E-state index in [9.17, 15) is 8.42 Å². The first-order valence-electron chi connectivity index (χ1n) is 5.21. The van der Waals surface area contributed by atoms with Crippen LogP contribution in [-0.2, 0) is 9.84 Å². The van der Waals surface area contributed by atoms with Gasteiger partial charge in [-0.25, -0.2) is 8.42 Å². The zero-order chi connectivity index (χ0) is 11.3. The van der Waals surface area contributed by atoms with E-state index >= 15 is 0 Å². The van der Waals surface area contributed by atoms with E-state index in [1.807, 2.05) is 0 Å². The molecule has 4 nitrogen and oxygen atoms in total. The minimum atomic E-state index is -2.74. The highest BCUT2D eigenvalue weighted by Gasteiger charge is 2.20. The molecule has 15 heavy (non-hydrogen) atoms. The molecule has 0 bridgehead atoms. The van der Waals surface area contributed by atoms with Crippen molar-refractivity contribution in [1.29, 1.82) is 0 Å². The monoisotopic (exact) mass is 250 g/mol. The Balaban J connectivity index is 2.11. The Labute approximate surface area is 96.7 Å². The van der Waals surface area contributed by atoms with Crippen molar-refractivity contribution in [1.82, 2.24) is 4.90 Å². The first kappa shape index (κ1) is 12.9. The van der Waals surface area contributed by atoms with Crippen molar-refractivity contribution < 1.29 is 8.42 Å². The Hall–Kier alpha value is -0.200. The molecule has 0 aromatic heterocycles. The number of sulfone groups is 1. The molecule has 6 heteroatoms. The SMILES string of the molecule is NC(=S)CCCCN1CCS(=O)(=O)CC1. The van der Waals surface area contributed by atoms with E-state index in [0.717, 1.165) is 25.8 Å². The second-order valence-corrected chi connectivity index (χ2v) is 6.74. The van der Waals surface area contributed by atoms with Crippen molar-refractivity contribution in [3.05, 3.63) is 0 Å². The highest BCUT2D eigenvalue weighted by Crippen LogP contribution is 2.06. The third-order valence-electron chi connectivity index (χ3n) is 2.58. The molecule has 0 atom stereocenters. The molecule has 0 aromatic carbocycles. The second kappa shape index (κ2) is 5.77. The van der Waals surface area contributed by atoms with Crippen molar-refractivity contribution in [2.75, 3.05) is 31.1 Å². The van der Waals surface area contributed by atoms with Crippen LogP contribution in [-0.4, -0.2) is 49.4 Å². The molecule has 1 saturated heterocycles. The van der Waals surface area contributed by atoms with Crippen LogP contribution in [0.2, 0.25) is 0 Å². The number of hydrogen-bond acceptors (Lipinski definition) is 4. The lowest BCUT2D eigenvalue weighted by molar-refractivity contribution is 0.290. The van der Waals surface area contributed by atoms with Gasteiger partial charge in [0.2, 0.25) is 0 Å². The van der Waals surface area contributed by atoms with Gasteiger partial charge in [0.25, 0.3) is 0 Å². The van der Waals surface area contributed by atoms with E-state index in [1.54, 1.807) is 0 Å². The van der Waals surface area contributed by atoms with Gasteiger partial charge in [-0.1, -0.05) is 12.2 Å². The fourth-order valence-electron chi connectivity index (χ4n) is 1.61. The maximum atomic E-state index is 11.2. The molecule has 1 aliphatic rings. The van der Waals surface area contributed by atoms with Gasteiger partial charge >= 0.3 is 0 Å². The Morgan fingerprint density at radius 1 is 1.27 bits per heavy atom. The zero-order valence-corrected chi connectivity index (χ0v) is 10.4. The maximum Gasteiger partial charge on any atom is 0.152 e. The molecule has 2 N–H and O–H groups in total. The minimum absolute atomic E-state index is 0.308. The van der Waals surface area contributed by atoms with Crippen molar-refractivity contribution >= 4 is 27.0 Å². The topological polar surface area (TPSA) is 63.4 Å². The van der Waals surface area contributed by atoms with Crippen LogP contribution in [0.3, 0.4) is 0 Å². The molecule has 0 amide bonds. The average molecular weight is 250 g/mol. The Morgan fingerprint density at radius 2 is 1.87 bits per heavy atom. The summed E-state index contributed by atoms with van der Waals surface area (Å²) >= 11 is 4.78. The minimum Gasteiger partial charge on any atom is -0.393 e. The number of nitrogens with zero attached hydrogens (tertiary/aromatic N) is 1. The highest BCUT2D eigenvalue weighted by molar-refractivity contribution is 7.91. The predicted molar refractivity (Wildman–Crippen MR) is 65.7 cm³/mol. The van der Waals surface area contributed by atoms with Gasteiger partial charge in [0, 0.05) is 13.1 Å². The summed E-state index contributed by atoms with van der Waals surface area (Å²) in [5.74, 6) is 0.616. The fraction of sp³-hybridized carbons (Fsp3) is 0.889. The molecule has 0 aliphatic carbocycles. The van der Waals surface area contributed by atoms with Crippen LogP contribution < -0.4 is 5.73 Å². The molecule has 1 aliphatic heterocycles. The van der Waals surface area contributed by atoms with Crippen molar-refractivity contribution in [3.63, 3.8) is 0 Å². The van der Waals surface area contributed by atoms with Crippen LogP contribution in [0.4, 0.5) is 0 Å². The van der Waals surface area contributed by atoms with Crippen molar-refractivity contribution in [3.8, 4) is 0 Å². The molecular weight excluding hydrogens is 232 g/mol. The Bertz CT molecular complexity index is 300. The second-order valence-electron chi connectivity index (χ2n) is 3.92. The lowest BCUT2D eigenvalue weighted by atomic mass is 10.2. The number of hydrogen-bond donors (Lipinski definition) is 1. The lowest BCUT2D eigenvalue weighted by Crippen LogP contribution is -2.40. The first-order chi connectivity index (χ1) is 6.99. The largest absolute Gasteiger partial charge is 0.393 e. The van der Waals surface area contributed by atoms with Crippen molar-refractivity contribution in [2.45, 2.75) is 19.3 Å². The summed E-state index contributed by atoms with van der Waals surface area (Å²) in [4.78, 5) is 2.76. The van der Waals surface area contributed by atoms with Gasteiger partial charge in [-0.2, -0.15) is 0 Å². The van der Waals surface area contributed by atoms with Crippen LogP contribution in [0.5, 0.6) is 0 Å². The maximum absolute atomic E-state index is 11.2. The molecule has 0 unspecified atom stereocenters. The summed E-state index contributed by atoms with van der Waals surface area (Å²) in [6.07, 6.45) is 2.83. The quantitative estimate of drug-likeness (QED) is 0.557. The molecule has 1 fully saturated rings. The van der Waals surface area contributed by atoms with E-state index in [0.29, 0.717) is 29.6 Å². The summed E-state index contributed by atoms with van der Waals surface area (Å²) in [5, 5.41) is 0. The van der Waals surface area contributed by atoms with E-state index < -0.39 is 9.84 Å². The normalized spacial score (nSPS) is 21.3. The summed E-state index contributed by atoms with van der Waals surface area (Å²) in [5.41, 5.74) is 5.39. The number of rotatable bonds is 5. The molecule has 0 aromatic rings. The number of nitrogens with two attached hydrogens (primary N) is 1.